The molecule has 0 aliphatic rings. The first-order valence-corrected chi connectivity index (χ1v) is 8.29. The topological polar surface area (TPSA) is 9.23 Å². The molecule has 0 amide bonds. The summed E-state index contributed by atoms with van der Waals surface area (Å²) < 4.78 is 14.0. The molecule has 0 heterocycles. The second-order valence-electron chi connectivity index (χ2n) is 5.78. The molecular formula is C24H18O. The van der Waals surface area contributed by atoms with E-state index in [1.54, 1.807) is 12.1 Å². The Morgan fingerprint density at radius 2 is 1.24 bits per heavy atom. The van der Waals surface area contributed by atoms with Crippen LogP contribution < -0.4 is 4.74 Å². The van der Waals surface area contributed by atoms with E-state index >= 15 is 0 Å². The Balaban J connectivity index is 1.76. The molecule has 4 rings (SSSR count). The lowest BCUT2D eigenvalue weighted by Gasteiger charge is -2.12. The van der Waals surface area contributed by atoms with E-state index in [0.717, 1.165) is 22.4 Å². The Morgan fingerprint density at radius 1 is 0.560 bits per heavy atom. The van der Waals surface area contributed by atoms with Crippen LogP contribution in [0.3, 0.4) is 0 Å². The standard InChI is InChI=1S/C24H18O/c1-3-10-19(11-4-1)20-12-9-13-21(18-20)23-16-7-8-17-24(23)25-22-14-5-2-6-15-22/h1-18H/i8D. The van der Waals surface area contributed by atoms with Crippen LogP contribution in [0, 0.1) is 0 Å². The Kier molecular flexibility index (Phi) is 3.97. The van der Waals surface area contributed by atoms with Gasteiger partial charge < -0.3 is 4.74 Å². The van der Waals surface area contributed by atoms with Gasteiger partial charge in [0.05, 0.1) is 1.37 Å². The summed E-state index contributed by atoms with van der Waals surface area (Å²) in [6, 6.07) is 34.3. The van der Waals surface area contributed by atoms with Crippen LogP contribution in [-0.4, -0.2) is 0 Å². The summed E-state index contributed by atoms with van der Waals surface area (Å²) in [5, 5.41) is 0. The number of hydrogen-bond donors (Lipinski definition) is 0. The predicted molar refractivity (Wildman–Crippen MR) is 104 cm³/mol. The molecule has 25 heavy (non-hydrogen) atoms. The predicted octanol–water partition coefficient (Wildman–Crippen LogP) is 6.81. The van der Waals surface area contributed by atoms with Gasteiger partial charge in [-0.2, -0.15) is 0 Å². The van der Waals surface area contributed by atoms with E-state index in [2.05, 4.69) is 36.4 Å². The Labute approximate surface area is 149 Å². The third-order valence-corrected chi connectivity index (χ3v) is 4.08. The lowest BCUT2D eigenvalue weighted by molar-refractivity contribution is 0.484. The van der Waals surface area contributed by atoms with Gasteiger partial charge in [-0.05, 0) is 41.0 Å². The Morgan fingerprint density at radius 3 is 2.04 bits per heavy atom. The fourth-order valence-corrected chi connectivity index (χ4v) is 2.85. The van der Waals surface area contributed by atoms with Crippen molar-refractivity contribution in [3.8, 4) is 33.8 Å². The van der Waals surface area contributed by atoms with Gasteiger partial charge in [0.15, 0.2) is 0 Å². The molecule has 0 N–H and O–H groups in total. The molecule has 0 saturated carbocycles. The van der Waals surface area contributed by atoms with E-state index in [1.165, 1.54) is 5.56 Å². The largest absolute Gasteiger partial charge is 0.457 e. The maximum absolute atomic E-state index is 7.96. The van der Waals surface area contributed by atoms with E-state index in [0.29, 0.717) is 11.8 Å². The van der Waals surface area contributed by atoms with E-state index in [1.807, 2.05) is 54.6 Å². The highest BCUT2D eigenvalue weighted by atomic mass is 16.5. The van der Waals surface area contributed by atoms with Crippen molar-refractivity contribution in [2.24, 2.45) is 0 Å². The van der Waals surface area contributed by atoms with Gasteiger partial charge in [-0.25, -0.2) is 0 Å². The van der Waals surface area contributed by atoms with Crippen molar-refractivity contribution < 1.29 is 6.11 Å². The van der Waals surface area contributed by atoms with E-state index in [9.17, 15) is 0 Å². The number of hydrogen-bond acceptors (Lipinski definition) is 1. The van der Waals surface area contributed by atoms with Crippen molar-refractivity contribution in [3.05, 3.63) is 109 Å². The van der Waals surface area contributed by atoms with Gasteiger partial charge >= 0.3 is 0 Å². The van der Waals surface area contributed by atoms with Gasteiger partial charge in [0.1, 0.15) is 11.5 Å². The molecule has 0 aliphatic carbocycles. The second kappa shape index (κ2) is 7.06. The highest BCUT2D eigenvalue weighted by molar-refractivity contribution is 5.76. The zero-order chi connectivity index (χ0) is 17.8. The molecule has 1 nitrogen and oxygen atoms in total. The normalized spacial score (nSPS) is 11.0. The molecule has 4 aromatic carbocycles. The van der Waals surface area contributed by atoms with Gasteiger partial charge in [0, 0.05) is 5.56 Å². The van der Waals surface area contributed by atoms with Crippen molar-refractivity contribution >= 4 is 0 Å². The fourth-order valence-electron chi connectivity index (χ4n) is 2.85. The number of para-hydroxylation sites is 2. The van der Waals surface area contributed by atoms with Crippen LogP contribution in [0.15, 0.2) is 109 Å². The minimum atomic E-state index is 0.430. The SMILES string of the molecule is [2H]c1ccc(-c2cccc(-c3ccccc3)c2)c(Oc2ccccc2)c1. The molecule has 0 spiro atoms. The van der Waals surface area contributed by atoms with Gasteiger partial charge in [-0.15, -0.1) is 0 Å². The van der Waals surface area contributed by atoms with Gasteiger partial charge in [-0.3, -0.25) is 0 Å². The van der Waals surface area contributed by atoms with Crippen LogP contribution in [0.4, 0.5) is 0 Å². The first-order valence-electron chi connectivity index (χ1n) is 8.79. The third kappa shape index (κ3) is 3.46. The van der Waals surface area contributed by atoms with Crippen LogP contribution >= 0.6 is 0 Å². The summed E-state index contributed by atoms with van der Waals surface area (Å²) in [4.78, 5) is 0. The average molecular weight is 323 g/mol. The van der Waals surface area contributed by atoms with Gasteiger partial charge in [0.2, 0.25) is 0 Å². The minimum absolute atomic E-state index is 0.430. The molecule has 120 valence electrons. The first-order chi connectivity index (χ1) is 12.8. The molecule has 0 aliphatic heterocycles. The lowest BCUT2D eigenvalue weighted by Crippen LogP contribution is -1.88. The molecule has 1 heteroatoms. The minimum Gasteiger partial charge on any atom is -0.457 e. The third-order valence-electron chi connectivity index (χ3n) is 4.08. The number of ether oxygens (including phenoxy) is 1. The van der Waals surface area contributed by atoms with Crippen LogP contribution in [0.5, 0.6) is 11.5 Å². The molecule has 0 radical (unpaired) electrons. The highest BCUT2D eigenvalue weighted by Gasteiger charge is 2.08. The molecule has 4 aromatic rings. The summed E-state index contributed by atoms with van der Waals surface area (Å²) in [5.41, 5.74) is 4.38. The molecule has 0 bridgehead atoms. The lowest BCUT2D eigenvalue weighted by atomic mass is 9.98. The molecule has 0 unspecified atom stereocenters. The molecule has 0 atom stereocenters. The van der Waals surface area contributed by atoms with Crippen molar-refractivity contribution in [1.29, 1.82) is 0 Å². The van der Waals surface area contributed by atoms with E-state index < -0.39 is 0 Å². The summed E-state index contributed by atoms with van der Waals surface area (Å²) in [6.07, 6.45) is 0. The highest BCUT2D eigenvalue weighted by Crippen LogP contribution is 2.34. The number of rotatable bonds is 4. The fraction of sp³-hybridized carbons (Fsp3) is 0. The van der Waals surface area contributed by atoms with Crippen molar-refractivity contribution in [1.82, 2.24) is 0 Å². The summed E-state index contributed by atoms with van der Waals surface area (Å²) >= 11 is 0. The zero-order valence-electron chi connectivity index (χ0n) is 14.7. The zero-order valence-corrected chi connectivity index (χ0v) is 13.7. The summed E-state index contributed by atoms with van der Waals surface area (Å²) in [5.74, 6) is 1.45. The van der Waals surface area contributed by atoms with Crippen molar-refractivity contribution in [2.45, 2.75) is 0 Å². The first kappa shape index (κ1) is 14.1. The maximum Gasteiger partial charge on any atom is 0.135 e. The maximum atomic E-state index is 7.96. The molecule has 0 aromatic heterocycles. The Hall–Kier alpha value is -3.32. The smallest absolute Gasteiger partial charge is 0.135 e. The van der Waals surface area contributed by atoms with Gasteiger partial charge in [0.25, 0.3) is 0 Å². The monoisotopic (exact) mass is 323 g/mol. The summed E-state index contributed by atoms with van der Waals surface area (Å²) in [7, 11) is 0. The molecular weight excluding hydrogens is 304 g/mol. The van der Waals surface area contributed by atoms with Gasteiger partial charge in [-0.1, -0.05) is 84.9 Å². The average Bonchev–Trinajstić information content (AvgIpc) is 2.70. The summed E-state index contributed by atoms with van der Waals surface area (Å²) in [6.45, 7) is 0. The van der Waals surface area contributed by atoms with E-state index in [-0.39, 0.29) is 0 Å². The van der Waals surface area contributed by atoms with Crippen molar-refractivity contribution in [3.63, 3.8) is 0 Å². The van der Waals surface area contributed by atoms with Crippen molar-refractivity contribution in [2.75, 3.05) is 0 Å². The number of benzene rings is 4. The quantitative estimate of drug-likeness (QED) is 0.400. The van der Waals surface area contributed by atoms with E-state index in [4.69, 9.17) is 6.11 Å². The van der Waals surface area contributed by atoms with Crippen LogP contribution in [0.1, 0.15) is 1.37 Å². The van der Waals surface area contributed by atoms with Crippen LogP contribution in [0.2, 0.25) is 0 Å². The molecule has 0 fully saturated rings. The second-order valence-corrected chi connectivity index (χ2v) is 5.78. The molecule has 0 saturated heterocycles. The Bertz CT molecular complexity index is 1010. The van der Waals surface area contributed by atoms with Crippen LogP contribution in [-0.2, 0) is 0 Å². The van der Waals surface area contributed by atoms with Crippen LogP contribution in [0.25, 0.3) is 22.3 Å².